The summed E-state index contributed by atoms with van der Waals surface area (Å²) in [6.45, 7) is 0.170. The van der Waals surface area contributed by atoms with Gasteiger partial charge >= 0.3 is 0 Å². The van der Waals surface area contributed by atoms with E-state index in [9.17, 15) is 9.18 Å². The van der Waals surface area contributed by atoms with E-state index in [1.165, 1.54) is 29.1 Å². The minimum Gasteiger partial charge on any atom is -0.324 e. The number of carbonyl (C=O) groups is 1. The van der Waals surface area contributed by atoms with Gasteiger partial charge in [0, 0.05) is 11.9 Å². The Balaban J connectivity index is 2.07. The summed E-state index contributed by atoms with van der Waals surface area (Å²) in [4.78, 5) is 11.7. The number of benzene rings is 1. The molecule has 0 radical (unpaired) electrons. The number of rotatable bonds is 3. The van der Waals surface area contributed by atoms with Crippen LogP contribution in [0.3, 0.4) is 0 Å². The first-order chi connectivity index (χ1) is 9.69. The molecule has 6 nitrogen and oxygen atoms in total. The van der Waals surface area contributed by atoms with Gasteiger partial charge in [-0.15, -0.1) is 5.10 Å². The molecule has 3 N–H and O–H groups in total. The van der Waals surface area contributed by atoms with Crippen LogP contribution in [0.2, 0.25) is 0 Å². The van der Waals surface area contributed by atoms with Crippen molar-refractivity contribution < 1.29 is 9.18 Å². The zero-order valence-corrected chi connectivity index (χ0v) is 10.5. The van der Waals surface area contributed by atoms with Crippen molar-refractivity contribution in [1.82, 2.24) is 15.0 Å². The second-order valence-corrected chi connectivity index (χ2v) is 3.85. The lowest BCUT2D eigenvalue weighted by Crippen LogP contribution is -2.19. The van der Waals surface area contributed by atoms with Gasteiger partial charge in [0.1, 0.15) is 12.4 Å². The second kappa shape index (κ2) is 6.45. The van der Waals surface area contributed by atoms with E-state index in [2.05, 4.69) is 27.5 Å². The first-order valence-corrected chi connectivity index (χ1v) is 5.81. The average Bonchev–Trinajstić information content (AvgIpc) is 2.92. The molecule has 0 atom stereocenters. The van der Waals surface area contributed by atoms with Gasteiger partial charge in [-0.3, -0.25) is 4.79 Å². The molecule has 0 aliphatic heterocycles. The zero-order valence-electron chi connectivity index (χ0n) is 10.5. The van der Waals surface area contributed by atoms with Gasteiger partial charge in [-0.05, 0) is 18.2 Å². The van der Waals surface area contributed by atoms with E-state index in [1.54, 1.807) is 6.20 Å². The highest BCUT2D eigenvalue weighted by molar-refractivity contribution is 5.90. The number of nitrogens with two attached hydrogens (primary N) is 1. The fourth-order valence-corrected chi connectivity index (χ4v) is 1.51. The van der Waals surface area contributed by atoms with Crippen molar-refractivity contribution >= 4 is 11.6 Å². The molecular weight excluding hydrogens is 261 g/mol. The molecule has 0 fully saturated rings. The van der Waals surface area contributed by atoms with E-state index >= 15 is 0 Å². The SMILES string of the molecule is NCC#Cc1cc(NC(=O)Cn2ccnn2)ccc1F. The Morgan fingerprint density at radius 2 is 2.35 bits per heavy atom. The van der Waals surface area contributed by atoms with E-state index in [-0.39, 0.29) is 24.6 Å². The minimum absolute atomic E-state index is 0.0290. The Morgan fingerprint density at radius 3 is 3.05 bits per heavy atom. The number of anilines is 1. The zero-order chi connectivity index (χ0) is 14.4. The van der Waals surface area contributed by atoms with Gasteiger partial charge in [-0.2, -0.15) is 0 Å². The van der Waals surface area contributed by atoms with Gasteiger partial charge in [0.15, 0.2) is 0 Å². The molecular formula is C13H12FN5O. The lowest BCUT2D eigenvalue weighted by Gasteiger charge is -2.06. The standard InChI is InChI=1S/C13H12FN5O/c14-12-4-3-11(8-10(12)2-1-5-15)17-13(20)9-19-7-6-16-18-19/h3-4,6-8H,5,9,15H2,(H,17,20). The molecule has 20 heavy (non-hydrogen) atoms. The highest BCUT2D eigenvalue weighted by Gasteiger charge is 2.06. The Labute approximate surface area is 114 Å². The van der Waals surface area contributed by atoms with E-state index in [4.69, 9.17) is 5.73 Å². The monoisotopic (exact) mass is 273 g/mol. The summed E-state index contributed by atoms with van der Waals surface area (Å²) in [5.41, 5.74) is 5.88. The molecule has 0 spiro atoms. The van der Waals surface area contributed by atoms with Crippen LogP contribution >= 0.6 is 0 Å². The van der Waals surface area contributed by atoms with E-state index in [0.29, 0.717) is 5.69 Å². The maximum absolute atomic E-state index is 13.5. The van der Waals surface area contributed by atoms with E-state index < -0.39 is 5.82 Å². The maximum Gasteiger partial charge on any atom is 0.246 e. The largest absolute Gasteiger partial charge is 0.324 e. The third-order valence-corrected chi connectivity index (χ3v) is 2.35. The van der Waals surface area contributed by atoms with Crippen LogP contribution in [0, 0.1) is 17.7 Å². The molecule has 2 rings (SSSR count). The summed E-state index contributed by atoms with van der Waals surface area (Å²) in [7, 11) is 0. The Kier molecular flexibility index (Phi) is 4.42. The molecule has 0 aliphatic rings. The third-order valence-electron chi connectivity index (χ3n) is 2.35. The predicted octanol–water partition coefficient (Wildman–Crippen LogP) is 0.366. The van der Waals surface area contributed by atoms with Crippen LogP contribution in [0.1, 0.15) is 5.56 Å². The first-order valence-electron chi connectivity index (χ1n) is 5.81. The molecule has 102 valence electrons. The van der Waals surface area contributed by atoms with Crippen molar-refractivity contribution in [2.75, 3.05) is 11.9 Å². The van der Waals surface area contributed by atoms with Gasteiger partial charge in [0.05, 0.1) is 18.3 Å². The van der Waals surface area contributed by atoms with Crippen molar-refractivity contribution in [2.45, 2.75) is 6.54 Å². The number of halogens is 1. The number of carbonyl (C=O) groups excluding carboxylic acids is 1. The topological polar surface area (TPSA) is 85.8 Å². The molecule has 1 aromatic carbocycles. The lowest BCUT2D eigenvalue weighted by atomic mass is 10.2. The molecule has 0 unspecified atom stereocenters. The first kappa shape index (κ1) is 13.7. The van der Waals surface area contributed by atoms with Crippen LogP contribution in [-0.2, 0) is 11.3 Å². The summed E-state index contributed by atoms with van der Waals surface area (Å²) < 4.78 is 14.8. The van der Waals surface area contributed by atoms with Crippen LogP contribution in [0.5, 0.6) is 0 Å². The second-order valence-electron chi connectivity index (χ2n) is 3.85. The summed E-state index contributed by atoms with van der Waals surface area (Å²) in [6, 6.07) is 4.16. The highest BCUT2D eigenvalue weighted by Crippen LogP contribution is 2.14. The van der Waals surface area contributed by atoms with Gasteiger partial charge in [0.25, 0.3) is 0 Å². The summed E-state index contributed by atoms with van der Waals surface area (Å²) in [5.74, 6) is 4.42. The maximum atomic E-state index is 13.5. The third kappa shape index (κ3) is 3.63. The smallest absolute Gasteiger partial charge is 0.246 e. The fourth-order valence-electron chi connectivity index (χ4n) is 1.51. The number of amides is 1. The van der Waals surface area contributed by atoms with Crippen molar-refractivity contribution in [1.29, 1.82) is 0 Å². The van der Waals surface area contributed by atoms with Gasteiger partial charge in [-0.1, -0.05) is 17.1 Å². The molecule has 7 heteroatoms. The Morgan fingerprint density at radius 1 is 1.50 bits per heavy atom. The lowest BCUT2D eigenvalue weighted by molar-refractivity contribution is -0.116. The predicted molar refractivity (Wildman–Crippen MR) is 71.0 cm³/mol. The number of nitrogens with zero attached hydrogens (tertiary/aromatic N) is 3. The molecule has 1 heterocycles. The Bertz CT molecular complexity index is 657. The summed E-state index contributed by atoms with van der Waals surface area (Å²) in [6.07, 6.45) is 3.05. The minimum atomic E-state index is -0.458. The van der Waals surface area contributed by atoms with E-state index in [1.807, 2.05) is 0 Å². The fraction of sp³-hybridized carbons (Fsp3) is 0.154. The molecule has 0 bridgehead atoms. The van der Waals surface area contributed by atoms with Crippen LogP contribution in [0.15, 0.2) is 30.6 Å². The van der Waals surface area contributed by atoms with Crippen LogP contribution in [0.25, 0.3) is 0 Å². The average molecular weight is 273 g/mol. The Hall–Kier alpha value is -2.72. The molecule has 0 saturated heterocycles. The number of nitrogens with one attached hydrogen (secondary N) is 1. The molecule has 2 aromatic rings. The quantitative estimate of drug-likeness (QED) is 0.791. The number of hydrogen-bond donors (Lipinski definition) is 2. The van der Waals surface area contributed by atoms with Crippen LogP contribution in [-0.4, -0.2) is 27.4 Å². The molecule has 0 aliphatic carbocycles. The highest BCUT2D eigenvalue weighted by atomic mass is 19.1. The molecule has 0 saturated carbocycles. The van der Waals surface area contributed by atoms with Crippen molar-refractivity contribution in [2.24, 2.45) is 5.73 Å². The van der Waals surface area contributed by atoms with E-state index in [0.717, 1.165) is 0 Å². The van der Waals surface area contributed by atoms with Gasteiger partial charge < -0.3 is 11.1 Å². The van der Waals surface area contributed by atoms with Crippen LogP contribution < -0.4 is 11.1 Å². The van der Waals surface area contributed by atoms with Crippen molar-refractivity contribution in [3.63, 3.8) is 0 Å². The summed E-state index contributed by atoms with van der Waals surface area (Å²) >= 11 is 0. The van der Waals surface area contributed by atoms with Crippen molar-refractivity contribution in [3.8, 4) is 11.8 Å². The summed E-state index contributed by atoms with van der Waals surface area (Å²) in [5, 5.41) is 9.91. The number of hydrogen-bond acceptors (Lipinski definition) is 4. The molecule has 1 amide bonds. The van der Waals surface area contributed by atoms with Gasteiger partial charge in [-0.25, -0.2) is 9.07 Å². The molecule has 1 aromatic heterocycles. The normalized spacial score (nSPS) is 9.70. The van der Waals surface area contributed by atoms with Gasteiger partial charge in [0.2, 0.25) is 5.91 Å². The van der Waals surface area contributed by atoms with Crippen molar-refractivity contribution in [3.05, 3.63) is 42.0 Å². The van der Waals surface area contributed by atoms with Crippen LogP contribution in [0.4, 0.5) is 10.1 Å². The number of aromatic nitrogens is 3.